The summed E-state index contributed by atoms with van der Waals surface area (Å²) in [6, 6.07) is 0. The van der Waals surface area contributed by atoms with Crippen molar-refractivity contribution in [1.82, 2.24) is 0 Å². The smallest absolute Gasteiger partial charge is 0.199 e. The van der Waals surface area contributed by atoms with E-state index in [1.807, 2.05) is 0 Å². The lowest BCUT2D eigenvalue weighted by molar-refractivity contribution is -0.418. The molecule has 0 N–H and O–H groups in total. The predicted octanol–water partition coefficient (Wildman–Crippen LogP) is 4.70. The van der Waals surface area contributed by atoms with Gasteiger partial charge in [0, 0.05) is 6.42 Å². The molecule has 0 saturated carbocycles. The lowest BCUT2D eigenvalue weighted by Crippen LogP contribution is -2.66. The van der Waals surface area contributed by atoms with Crippen LogP contribution in [0, 0.1) is 6.42 Å². The number of rotatable bonds is 5. The van der Waals surface area contributed by atoms with Crippen molar-refractivity contribution < 1.29 is 48.3 Å². The minimum absolute atomic E-state index is 0.770. The first kappa shape index (κ1) is 18.2. The highest BCUT2D eigenvalue weighted by atomic mass is 19.4. The monoisotopic (exact) mass is 311 g/mol. The van der Waals surface area contributed by atoms with Gasteiger partial charge in [0.15, 0.2) is 0 Å². The molecule has 115 valence electrons. The zero-order valence-corrected chi connectivity index (χ0v) is 8.94. The molecule has 0 amide bonds. The van der Waals surface area contributed by atoms with Gasteiger partial charge < -0.3 is 0 Å². The standard InChI is InChI=1S/C8H6F11/c1-2-3-4(9,10)5(11,12)6(13,14)7(15,16)8(17,18)19/h3H,2H2,1H3. The minimum atomic E-state index is -7.31. The summed E-state index contributed by atoms with van der Waals surface area (Å²) in [4.78, 5) is 0. The number of hydrogen-bond donors (Lipinski definition) is 0. The number of alkyl halides is 11. The summed E-state index contributed by atoms with van der Waals surface area (Å²) >= 11 is 0. The number of hydrogen-bond acceptors (Lipinski definition) is 0. The molecule has 0 rings (SSSR count). The molecular formula is C8H6F11. The maximum absolute atomic E-state index is 12.7. The van der Waals surface area contributed by atoms with Gasteiger partial charge in [0.2, 0.25) is 0 Å². The summed E-state index contributed by atoms with van der Waals surface area (Å²) in [5, 5.41) is 0. The maximum atomic E-state index is 12.7. The van der Waals surface area contributed by atoms with Crippen LogP contribution in [-0.2, 0) is 0 Å². The summed E-state index contributed by atoms with van der Waals surface area (Å²) in [7, 11) is 0. The highest BCUT2D eigenvalue weighted by molar-refractivity contribution is 5.09. The van der Waals surface area contributed by atoms with Crippen LogP contribution < -0.4 is 0 Å². The van der Waals surface area contributed by atoms with Crippen LogP contribution in [0.4, 0.5) is 48.3 Å². The second kappa shape index (κ2) is 4.65. The average Bonchev–Trinajstić information content (AvgIpc) is 2.14. The van der Waals surface area contributed by atoms with Gasteiger partial charge in [-0.15, -0.1) is 0 Å². The zero-order valence-electron chi connectivity index (χ0n) is 8.94. The molecule has 0 aromatic carbocycles. The van der Waals surface area contributed by atoms with Crippen LogP contribution in [0.5, 0.6) is 0 Å². The van der Waals surface area contributed by atoms with Crippen LogP contribution in [-0.4, -0.2) is 29.9 Å². The maximum Gasteiger partial charge on any atom is 0.460 e. The molecule has 11 heteroatoms. The first-order valence-corrected chi connectivity index (χ1v) is 4.48. The minimum Gasteiger partial charge on any atom is -0.199 e. The van der Waals surface area contributed by atoms with E-state index in [1.54, 1.807) is 0 Å². The van der Waals surface area contributed by atoms with Crippen LogP contribution in [0.15, 0.2) is 0 Å². The topological polar surface area (TPSA) is 0 Å². The molecule has 0 aliphatic rings. The van der Waals surface area contributed by atoms with Crippen molar-refractivity contribution in [1.29, 1.82) is 0 Å². The van der Waals surface area contributed by atoms with Crippen molar-refractivity contribution in [3.05, 3.63) is 6.42 Å². The van der Waals surface area contributed by atoms with Crippen molar-refractivity contribution in [3.8, 4) is 0 Å². The molecule has 0 aromatic rings. The molecule has 0 saturated heterocycles. The largest absolute Gasteiger partial charge is 0.460 e. The van der Waals surface area contributed by atoms with Gasteiger partial charge in [-0.25, -0.2) is 0 Å². The highest BCUT2D eigenvalue weighted by Crippen LogP contribution is 2.57. The Labute approximate surface area is 99.1 Å². The Balaban J connectivity index is 5.77. The van der Waals surface area contributed by atoms with Gasteiger partial charge in [0.25, 0.3) is 0 Å². The third-order valence-electron chi connectivity index (χ3n) is 2.02. The van der Waals surface area contributed by atoms with Crippen molar-refractivity contribution >= 4 is 0 Å². The molecule has 19 heavy (non-hydrogen) atoms. The SMILES string of the molecule is CC[CH]C(F)(F)C(F)(F)C(F)(F)C(F)(F)C(F)(F)F. The van der Waals surface area contributed by atoms with E-state index in [0.717, 1.165) is 6.92 Å². The second-order valence-corrected chi connectivity index (χ2v) is 3.46. The Morgan fingerprint density at radius 2 is 1.00 bits per heavy atom. The second-order valence-electron chi connectivity index (χ2n) is 3.46. The van der Waals surface area contributed by atoms with Gasteiger partial charge in [-0.1, -0.05) is 6.92 Å². The third kappa shape index (κ3) is 2.60. The molecule has 0 spiro atoms. The van der Waals surface area contributed by atoms with Crippen LogP contribution in [0.3, 0.4) is 0 Å². The van der Waals surface area contributed by atoms with E-state index in [0.29, 0.717) is 0 Å². The Morgan fingerprint density at radius 1 is 0.632 bits per heavy atom. The fourth-order valence-electron chi connectivity index (χ4n) is 0.969. The van der Waals surface area contributed by atoms with Crippen LogP contribution in [0.2, 0.25) is 0 Å². The first-order chi connectivity index (χ1) is 8.06. The average molecular weight is 311 g/mol. The normalized spacial score (nSPS) is 15.8. The first-order valence-electron chi connectivity index (χ1n) is 4.48. The highest BCUT2D eigenvalue weighted by Gasteiger charge is 2.86. The third-order valence-corrected chi connectivity index (χ3v) is 2.02. The van der Waals surface area contributed by atoms with Crippen LogP contribution >= 0.6 is 0 Å². The van der Waals surface area contributed by atoms with Gasteiger partial charge in [-0.05, 0) is 6.42 Å². The summed E-state index contributed by atoms with van der Waals surface area (Å²) in [6.45, 7) is 0.782. The van der Waals surface area contributed by atoms with Gasteiger partial charge in [0.1, 0.15) is 0 Å². The molecule has 0 bridgehead atoms. The summed E-state index contributed by atoms with van der Waals surface area (Å²) < 4.78 is 135. The van der Waals surface area contributed by atoms with Crippen molar-refractivity contribution in [2.75, 3.05) is 0 Å². The van der Waals surface area contributed by atoms with E-state index in [-0.39, 0.29) is 0 Å². The molecule has 0 heterocycles. The summed E-state index contributed by atoms with van der Waals surface area (Å²) in [5.74, 6) is -27.4. The summed E-state index contributed by atoms with van der Waals surface area (Å²) in [5.41, 5.74) is 0. The fourth-order valence-corrected chi connectivity index (χ4v) is 0.969. The lowest BCUT2D eigenvalue weighted by atomic mass is 9.95. The number of halogens is 11. The van der Waals surface area contributed by atoms with E-state index in [1.165, 1.54) is 0 Å². The quantitative estimate of drug-likeness (QED) is 0.645. The van der Waals surface area contributed by atoms with E-state index < -0.39 is 42.7 Å². The van der Waals surface area contributed by atoms with Gasteiger partial charge in [0.05, 0.1) is 0 Å². The van der Waals surface area contributed by atoms with E-state index in [2.05, 4.69) is 0 Å². The van der Waals surface area contributed by atoms with Gasteiger partial charge >= 0.3 is 29.9 Å². The Morgan fingerprint density at radius 3 is 1.26 bits per heavy atom. The molecule has 0 aromatic heterocycles. The molecule has 0 unspecified atom stereocenters. The van der Waals surface area contributed by atoms with Crippen molar-refractivity contribution in [2.24, 2.45) is 0 Å². The Bertz CT molecular complexity index is 313. The molecule has 0 fully saturated rings. The Kier molecular flexibility index (Phi) is 4.46. The van der Waals surface area contributed by atoms with Crippen LogP contribution in [0.1, 0.15) is 13.3 Å². The van der Waals surface area contributed by atoms with Crippen molar-refractivity contribution in [3.63, 3.8) is 0 Å². The van der Waals surface area contributed by atoms with E-state index in [9.17, 15) is 48.3 Å². The van der Waals surface area contributed by atoms with E-state index in [4.69, 9.17) is 0 Å². The molecular weight excluding hydrogens is 305 g/mol. The molecule has 1 radical (unpaired) electrons. The molecule has 0 aliphatic heterocycles. The van der Waals surface area contributed by atoms with Crippen molar-refractivity contribution in [2.45, 2.75) is 43.2 Å². The Hall–Kier alpha value is -0.770. The van der Waals surface area contributed by atoms with Gasteiger partial charge in [-0.2, -0.15) is 48.3 Å². The molecule has 0 aliphatic carbocycles. The van der Waals surface area contributed by atoms with Gasteiger partial charge in [-0.3, -0.25) is 0 Å². The zero-order chi connectivity index (χ0) is 15.9. The van der Waals surface area contributed by atoms with Crippen LogP contribution in [0.25, 0.3) is 0 Å². The van der Waals surface area contributed by atoms with E-state index >= 15 is 0 Å². The lowest BCUT2D eigenvalue weighted by Gasteiger charge is -2.37. The molecule has 0 atom stereocenters. The molecule has 0 nitrogen and oxygen atoms in total. The predicted molar refractivity (Wildman–Crippen MR) is 40.4 cm³/mol. The fraction of sp³-hybridized carbons (Fsp3) is 0.875. The summed E-state index contributed by atoms with van der Waals surface area (Å²) in [6.07, 6.45) is -8.83.